The number of aromatic hydroxyl groups is 1. The number of ether oxygens (including phenoxy) is 1. The number of nitrogens with two attached hydrogens (primary N) is 1. The minimum Gasteiger partial charge on any atom is -0.507 e. The summed E-state index contributed by atoms with van der Waals surface area (Å²) in [6.45, 7) is 11.2. The Labute approximate surface area is 230 Å². The van der Waals surface area contributed by atoms with Gasteiger partial charge in [-0.15, -0.1) is 10.2 Å². The molecule has 0 spiro atoms. The largest absolute Gasteiger partial charge is 0.507 e. The van der Waals surface area contributed by atoms with E-state index in [1.807, 2.05) is 24.4 Å². The zero-order valence-electron chi connectivity index (χ0n) is 22.9. The van der Waals surface area contributed by atoms with Crippen LogP contribution in [-0.2, 0) is 4.74 Å². The van der Waals surface area contributed by atoms with Crippen LogP contribution < -0.4 is 15.5 Å². The van der Waals surface area contributed by atoms with Crippen molar-refractivity contribution in [1.82, 2.24) is 20.1 Å². The molecule has 0 bridgehead atoms. The smallest absolute Gasteiger partial charge is 0.169 e. The van der Waals surface area contributed by atoms with Gasteiger partial charge in [0.05, 0.1) is 31.1 Å². The molecule has 39 heavy (non-hydrogen) atoms. The second-order valence-corrected chi connectivity index (χ2v) is 10.4. The number of phenolic OH excluding ortho intramolecular Hbond substituents is 1. The molecular weight excluding hydrogens is 490 g/mol. The number of hydrogen-bond acceptors (Lipinski definition) is 9. The van der Waals surface area contributed by atoms with Crippen LogP contribution in [0.15, 0.2) is 48.7 Å². The van der Waals surface area contributed by atoms with Crippen molar-refractivity contribution in [2.24, 2.45) is 0 Å². The van der Waals surface area contributed by atoms with Gasteiger partial charge < -0.3 is 25.4 Å². The van der Waals surface area contributed by atoms with Crippen molar-refractivity contribution in [3.63, 3.8) is 0 Å². The van der Waals surface area contributed by atoms with Gasteiger partial charge in [0, 0.05) is 55.2 Å². The fourth-order valence-corrected chi connectivity index (χ4v) is 5.38. The number of anilines is 3. The lowest BCUT2D eigenvalue weighted by Crippen LogP contribution is -2.49. The summed E-state index contributed by atoms with van der Waals surface area (Å²) in [7, 11) is 0. The highest BCUT2D eigenvalue weighted by atomic mass is 16.5. The number of hydrogen-bond donors (Lipinski definition) is 2. The van der Waals surface area contributed by atoms with Gasteiger partial charge >= 0.3 is 0 Å². The lowest BCUT2D eigenvalue weighted by Gasteiger charge is -2.37. The molecule has 3 atom stereocenters. The molecule has 3 aromatic rings. The standard InChI is InChI=1S/C30H37N7O2/c1-21-11-14-35(28-18-27(33-34-30(28)31)26-8-4-5-9-29(26)38)15-16-37(21)25-10-12-32-24(17-25)7-6-13-36-22(2)19-39-20-23(36)3/h4-5,8-10,12,17-18,21-23,38H,11,13-16,19-20H2,1-3H3,(H2,31,34)/t21-,22-,23+/m1/s1. The van der Waals surface area contributed by atoms with E-state index in [0.717, 1.165) is 56.3 Å². The number of pyridine rings is 1. The number of para-hydroxylation sites is 1. The van der Waals surface area contributed by atoms with Gasteiger partial charge in [0.2, 0.25) is 0 Å². The molecule has 1 aromatic carbocycles. The third-order valence-electron chi connectivity index (χ3n) is 7.69. The highest BCUT2D eigenvalue weighted by Gasteiger charge is 2.25. The van der Waals surface area contributed by atoms with Gasteiger partial charge in [0.25, 0.3) is 0 Å². The monoisotopic (exact) mass is 527 g/mol. The number of rotatable bonds is 4. The Morgan fingerprint density at radius 3 is 2.59 bits per heavy atom. The fraction of sp³-hybridized carbons (Fsp3) is 0.433. The predicted octanol–water partition coefficient (Wildman–Crippen LogP) is 3.39. The van der Waals surface area contributed by atoms with Crippen LogP contribution in [0.3, 0.4) is 0 Å². The maximum atomic E-state index is 10.3. The number of aromatic nitrogens is 3. The molecule has 2 aliphatic rings. The average Bonchev–Trinajstić information content (AvgIpc) is 3.13. The second kappa shape index (κ2) is 11.9. The summed E-state index contributed by atoms with van der Waals surface area (Å²) < 4.78 is 5.63. The Morgan fingerprint density at radius 2 is 1.79 bits per heavy atom. The van der Waals surface area contributed by atoms with Crippen molar-refractivity contribution < 1.29 is 9.84 Å². The highest BCUT2D eigenvalue weighted by molar-refractivity contribution is 5.74. The molecule has 9 nitrogen and oxygen atoms in total. The normalized spacial score (nSPS) is 22.2. The maximum Gasteiger partial charge on any atom is 0.169 e. The van der Waals surface area contributed by atoms with Crippen LogP contribution in [0.5, 0.6) is 5.75 Å². The van der Waals surface area contributed by atoms with E-state index in [0.29, 0.717) is 41.7 Å². The molecule has 9 heteroatoms. The van der Waals surface area contributed by atoms with E-state index in [1.54, 1.807) is 12.1 Å². The zero-order chi connectivity index (χ0) is 27.4. The van der Waals surface area contributed by atoms with E-state index in [2.05, 4.69) is 74.6 Å². The summed E-state index contributed by atoms with van der Waals surface area (Å²) >= 11 is 0. The van der Waals surface area contributed by atoms with Crippen LogP contribution in [0.25, 0.3) is 11.3 Å². The third-order valence-corrected chi connectivity index (χ3v) is 7.69. The van der Waals surface area contributed by atoms with Crippen LogP contribution in [-0.4, -0.2) is 82.7 Å². The summed E-state index contributed by atoms with van der Waals surface area (Å²) in [5, 5.41) is 18.7. The van der Waals surface area contributed by atoms with Gasteiger partial charge in [0.15, 0.2) is 5.82 Å². The zero-order valence-corrected chi connectivity index (χ0v) is 22.9. The first-order chi connectivity index (χ1) is 18.9. The summed E-state index contributed by atoms with van der Waals surface area (Å²) in [6, 6.07) is 14.3. The molecule has 0 radical (unpaired) electrons. The topological polar surface area (TPSA) is 104 Å². The summed E-state index contributed by atoms with van der Waals surface area (Å²) in [4.78, 5) is 11.6. The Morgan fingerprint density at radius 1 is 1.00 bits per heavy atom. The molecule has 2 fully saturated rings. The number of nitrogens with zero attached hydrogens (tertiary/aromatic N) is 6. The van der Waals surface area contributed by atoms with Crippen molar-refractivity contribution in [1.29, 1.82) is 0 Å². The first kappa shape index (κ1) is 26.7. The average molecular weight is 528 g/mol. The molecule has 2 saturated heterocycles. The lowest BCUT2D eigenvalue weighted by molar-refractivity contribution is -0.0296. The molecule has 3 N–H and O–H groups in total. The van der Waals surface area contributed by atoms with Gasteiger partial charge in [0.1, 0.15) is 11.4 Å². The molecular formula is C30H37N7O2. The Bertz CT molecular complexity index is 1340. The number of phenols is 1. The summed E-state index contributed by atoms with van der Waals surface area (Å²) in [5.74, 6) is 7.17. The van der Waals surface area contributed by atoms with Crippen LogP contribution >= 0.6 is 0 Å². The molecule has 2 aliphatic heterocycles. The summed E-state index contributed by atoms with van der Waals surface area (Å²) in [6.07, 6.45) is 2.79. The van der Waals surface area contributed by atoms with E-state index in [4.69, 9.17) is 10.5 Å². The molecule has 204 valence electrons. The lowest BCUT2D eigenvalue weighted by atomic mass is 10.1. The van der Waals surface area contributed by atoms with E-state index in [-0.39, 0.29) is 5.75 Å². The van der Waals surface area contributed by atoms with Gasteiger partial charge in [-0.3, -0.25) is 4.90 Å². The first-order valence-electron chi connectivity index (χ1n) is 13.6. The summed E-state index contributed by atoms with van der Waals surface area (Å²) in [5.41, 5.74) is 10.3. The molecule has 2 aromatic heterocycles. The predicted molar refractivity (Wildman–Crippen MR) is 155 cm³/mol. The molecule has 0 amide bonds. The third kappa shape index (κ3) is 6.08. The second-order valence-electron chi connectivity index (χ2n) is 10.4. The molecule has 5 rings (SSSR count). The van der Waals surface area contributed by atoms with Gasteiger partial charge in [-0.1, -0.05) is 18.1 Å². The SMILES string of the molecule is C[C@@H]1CCN(c2cc(-c3ccccc3O)nnc2N)CCN1c1ccnc(C#CCN2[C@H](C)COC[C@@H]2C)c1. The molecule has 0 saturated carbocycles. The van der Waals surface area contributed by atoms with Crippen LogP contribution in [0.2, 0.25) is 0 Å². The first-order valence-corrected chi connectivity index (χ1v) is 13.6. The fourth-order valence-electron chi connectivity index (χ4n) is 5.38. The minimum atomic E-state index is 0.170. The van der Waals surface area contributed by atoms with Gasteiger partial charge in [-0.05, 0) is 63.4 Å². The number of benzene rings is 1. The van der Waals surface area contributed by atoms with Gasteiger partial charge in [-0.25, -0.2) is 4.98 Å². The quantitative estimate of drug-likeness (QED) is 0.494. The highest BCUT2D eigenvalue weighted by Crippen LogP contribution is 2.32. The molecule has 0 aliphatic carbocycles. The van der Waals surface area contributed by atoms with Crippen molar-refractivity contribution >= 4 is 17.2 Å². The van der Waals surface area contributed by atoms with E-state index in [9.17, 15) is 5.11 Å². The molecule has 4 heterocycles. The minimum absolute atomic E-state index is 0.170. The van der Waals surface area contributed by atoms with Crippen molar-refractivity contribution in [2.75, 3.05) is 54.9 Å². The van der Waals surface area contributed by atoms with Crippen LogP contribution in [0.1, 0.15) is 32.9 Å². The van der Waals surface area contributed by atoms with E-state index < -0.39 is 0 Å². The van der Waals surface area contributed by atoms with Crippen molar-refractivity contribution in [2.45, 2.75) is 45.3 Å². The van der Waals surface area contributed by atoms with Crippen molar-refractivity contribution in [3.05, 3.63) is 54.4 Å². The van der Waals surface area contributed by atoms with E-state index in [1.165, 1.54) is 0 Å². The van der Waals surface area contributed by atoms with Crippen LogP contribution in [0, 0.1) is 11.8 Å². The Kier molecular flexibility index (Phi) is 8.15. The Hall–Kier alpha value is -3.87. The number of morpholine rings is 1. The van der Waals surface area contributed by atoms with Gasteiger partial charge in [-0.2, -0.15) is 0 Å². The molecule has 0 unspecified atom stereocenters. The maximum absolute atomic E-state index is 10.3. The van der Waals surface area contributed by atoms with Crippen LogP contribution in [0.4, 0.5) is 17.2 Å². The van der Waals surface area contributed by atoms with Crippen molar-refractivity contribution in [3.8, 4) is 28.8 Å². The number of nitrogen functional groups attached to an aromatic ring is 1. The Balaban J connectivity index is 1.30. The van der Waals surface area contributed by atoms with E-state index >= 15 is 0 Å².